The second kappa shape index (κ2) is 7.85. The first-order chi connectivity index (χ1) is 12.0. The van der Waals surface area contributed by atoms with Gasteiger partial charge in [0.15, 0.2) is 9.84 Å². The van der Waals surface area contributed by atoms with Gasteiger partial charge in [-0.15, -0.1) is 13.2 Å². The third kappa shape index (κ3) is 5.62. The summed E-state index contributed by atoms with van der Waals surface area (Å²) in [4.78, 5) is 14.0. The molecule has 0 spiro atoms. The molecule has 1 amide bonds. The number of benzene rings is 1. The zero-order chi connectivity index (χ0) is 19.5. The highest BCUT2D eigenvalue weighted by atomic mass is 32.2. The van der Waals surface area contributed by atoms with Crippen LogP contribution in [0.3, 0.4) is 0 Å². The number of hydrogen-bond acceptors (Lipinski definition) is 4. The first kappa shape index (κ1) is 20.5. The highest BCUT2D eigenvalue weighted by molar-refractivity contribution is 7.92. The maximum absolute atomic E-state index is 12.4. The molecular formula is C17H22F3NO4S. The molecule has 1 aromatic rings. The summed E-state index contributed by atoms with van der Waals surface area (Å²) in [6.45, 7) is 4.31. The Morgan fingerprint density at radius 2 is 1.73 bits per heavy atom. The lowest BCUT2D eigenvalue weighted by Crippen LogP contribution is -2.43. The van der Waals surface area contributed by atoms with Crippen molar-refractivity contribution in [3.05, 3.63) is 29.8 Å². The Bertz CT molecular complexity index is 721. The summed E-state index contributed by atoms with van der Waals surface area (Å²) in [5, 5.41) is -0.448. The van der Waals surface area contributed by atoms with Gasteiger partial charge >= 0.3 is 6.36 Å². The molecule has 2 rings (SSSR count). The molecule has 0 atom stereocenters. The minimum Gasteiger partial charge on any atom is -0.406 e. The zero-order valence-corrected chi connectivity index (χ0v) is 15.4. The van der Waals surface area contributed by atoms with Crippen LogP contribution in [0.1, 0.15) is 37.0 Å². The van der Waals surface area contributed by atoms with E-state index in [2.05, 4.69) is 4.74 Å². The second-order valence-corrected chi connectivity index (χ2v) is 9.11. The average Bonchev–Trinajstić information content (AvgIpc) is 2.52. The molecular weight excluding hydrogens is 371 g/mol. The number of hydrogen-bond donors (Lipinski definition) is 0. The summed E-state index contributed by atoms with van der Waals surface area (Å²) in [5.74, 6) is -0.542. The van der Waals surface area contributed by atoms with Gasteiger partial charge in [0.25, 0.3) is 5.91 Å². The van der Waals surface area contributed by atoms with Crippen LogP contribution in [0.15, 0.2) is 24.3 Å². The summed E-state index contributed by atoms with van der Waals surface area (Å²) in [5.41, 5.74) is 0.239. The van der Waals surface area contributed by atoms with Gasteiger partial charge < -0.3 is 9.64 Å². The van der Waals surface area contributed by atoms with Crippen LogP contribution in [-0.4, -0.2) is 49.7 Å². The minimum absolute atomic E-state index is 0.0529. The van der Waals surface area contributed by atoms with Crippen LogP contribution in [0.2, 0.25) is 0 Å². The van der Waals surface area contributed by atoms with Crippen LogP contribution in [0.5, 0.6) is 5.75 Å². The first-order valence-electron chi connectivity index (χ1n) is 8.34. The Labute approximate surface area is 151 Å². The molecule has 0 bridgehead atoms. The van der Waals surface area contributed by atoms with E-state index in [1.165, 1.54) is 17.0 Å². The van der Waals surface area contributed by atoms with Gasteiger partial charge in [0.05, 0.1) is 11.0 Å². The molecule has 0 N–H and O–H groups in total. The van der Waals surface area contributed by atoms with Gasteiger partial charge in [-0.3, -0.25) is 4.79 Å². The Morgan fingerprint density at radius 3 is 2.19 bits per heavy atom. The Kier molecular flexibility index (Phi) is 6.21. The summed E-state index contributed by atoms with van der Waals surface area (Å²) >= 11 is 0. The van der Waals surface area contributed by atoms with Crippen LogP contribution in [0.4, 0.5) is 13.2 Å². The predicted octanol–water partition coefficient (Wildman–Crippen LogP) is 3.26. The van der Waals surface area contributed by atoms with Crippen molar-refractivity contribution in [3.8, 4) is 5.75 Å². The minimum atomic E-state index is -4.78. The van der Waals surface area contributed by atoms with Crippen LogP contribution < -0.4 is 4.74 Å². The fourth-order valence-corrected chi connectivity index (χ4v) is 5.13. The number of sulfone groups is 1. The van der Waals surface area contributed by atoms with Gasteiger partial charge in [-0.2, -0.15) is 0 Å². The monoisotopic (exact) mass is 393 g/mol. The van der Waals surface area contributed by atoms with E-state index in [4.69, 9.17) is 0 Å². The number of carbonyl (C=O) groups excluding carboxylic acids is 1. The molecule has 1 aliphatic rings. The number of rotatable bonds is 5. The first-order valence-corrected chi connectivity index (χ1v) is 10.1. The normalized spacial score (nSPS) is 16.8. The predicted molar refractivity (Wildman–Crippen MR) is 90.7 cm³/mol. The van der Waals surface area contributed by atoms with Crippen molar-refractivity contribution in [1.82, 2.24) is 4.90 Å². The van der Waals surface area contributed by atoms with Gasteiger partial charge in [0.1, 0.15) is 5.75 Å². The number of amides is 1. The lowest BCUT2D eigenvalue weighted by molar-refractivity contribution is -0.274. The van der Waals surface area contributed by atoms with Crippen molar-refractivity contribution < 1.29 is 31.1 Å². The van der Waals surface area contributed by atoms with E-state index in [1.54, 1.807) is 0 Å². The molecule has 5 nitrogen and oxygen atoms in total. The van der Waals surface area contributed by atoms with Crippen molar-refractivity contribution in [1.29, 1.82) is 0 Å². The van der Waals surface area contributed by atoms with Gasteiger partial charge in [-0.1, -0.05) is 13.8 Å². The topological polar surface area (TPSA) is 63.7 Å². The molecule has 0 radical (unpaired) electrons. The largest absolute Gasteiger partial charge is 0.573 e. The summed E-state index contributed by atoms with van der Waals surface area (Å²) in [6, 6.07) is 4.71. The summed E-state index contributed by atoms with van der Waals surface area (Å²) in [6.07, 6.45) is -4.04. The SMILES string of the molecule is CC(C)CS(=O)(=O)C1CCN(C(=O)c2ccc(OC(F)(F)F)cc2)CC1. The van der Waals surface area contributed by atoms with E-state index in [1.807, 2.05) is 13.8 Å². The molecule has 0 saturated carbocycles. The van der Waals surface area contributed by atoms with E-state index in [0.717, 1.165) is 12.1 Å². The van der Waals surface area contributed by atoms with Crippen molar-refractivity contribution in [2.45, 2.75) is 38.3 Å². The Morgan fingerprint density at radius 1 is 1.19 bits per heavy atom. The average molecular weight is 393 g/mol. The molecule has 1 aliphatic heterocycles. The second-order valence-electron chi connectivity index (χ2n) is 6.79. The molecule has 9 heteroatoms. The molecule has 0 aromatic heterocycles. The van der Waals surface area contributed by atoms with Gasteiger partial charge in [0.2, 0.25) is 0 Å². The fourth-order valence-electron chi connectivity index (χ4n) is 3.00. The van der Waals surface area contributed by atoms with E-state index in [0.29, 0.717) is 25.9 Å². The van der Waals surface area contributed by atoms with Gasteiger partial charge in [-0.25, -0.2) is 8.42 Å². The van der Waals surface area contributed by atoms with E-state index in [9.17, 15) is 26.4 Å². The zero-order valence-electron chi connectivity index (χ0n) is 14.6. The van der Waals surface area contributed by atoms with Crippen LogP contribution in [0, 0.1) is 5.92 Å². The lowest BCUT2D eigenvalue weighted by atomic mass is 10.1. The number of carbonyl (C=O) groups is 1. The Balaban J connectivity index is 1.96. The highest BCUT2D eigenvalue weighted by Crippen LogP contribution is 2.25. The number of piperidine rings is 1. The third-order valence-corrected chi connectivity index (χ3v) is 6.76. The smallest absolute Gasteiger partial charge is 0.406 e. The van der Waals surface area contributed by atoms with Crippen LogP contribution in [-0.2, 0) is 9.84 Å². The molecule has 146 valence electrons. The van der Waals surface area contributed by atoms with E-state index < -0.39 is 27.2 Å². The number of alkyl halides is 3. The van der Waals surface area contributed by atoms with Crippen molar-refractivity contribution >= 4 is 15.7 Å². The number of halogens is 3. The molecule has 1 heterocycles. The number of likely N-dealkylation sites (tertiary alicyclic amines) is 1. The van der Waals surface area contributed by atoms with Crippen LogP contribution in [0.25, 0.3) is 0 Å². The summed E-state index contributed by atoms with van der Waals surface area (Å²) in [7, 11) is -3.18. The number of nitrogens with zero attached hydrogens (tertiary/aromatic N) is 1. The van der Waals surface area contributed by atoms with Crippen LogP contribution >= 0.6 is 0 Å². The quantitative estimate of drug-likeness (QED) is 0.770. The van der Waals surface area contributed by atoms with Crippen molar-refractivity contribution in [2.75, 3.05) is 18.8 Å². The maximum atomic E-state index is 12.4. The molecule has 1 saturated heterocycles. The molecule has 0 aliphatic carbocycles. The lowest BCUT2D eigenvalue weighted by Gasteiger charge is -2.32. The van der Waals surface area contributed by atoms with Gasteiger partial charge in [-0.05, 0) is 43.0 Å². The maximum Gasteiger partial charge on any atom is 0.573 e. The van der Waals surface area contributed by atoms with Gasteiger partial charge in [0, 0.05) is 18.7 Å². The van der Waals surface area contributed by atoms with Crippen molar-refractivity contribution in [2.24, 2.45) is 5.92 Å². The van der Waals surface area contributed by atoms with E-state index in [-0.39, 0.29) is 23.1 Å². The highest BCUT2D eigenvalue weighted by Gasteiger charge is 2.33. The summed E-state index contributed by atoms with van der Waals surface area (Å²) < 4.78 is 64.8. The third-order valence-electron chi connectivity index (χ3n) is 4.14. The molecule has 26 heavy (non-hydrogen) atoms. The molecule has 1 fully saturated rings. The van der Waals surface area contributed by atoms with Crippen molar-refractivity contribution in [3.63, 3.8) is 0 Å². The molecule has 0 unspecified atom stereocenters. The number of ether oxygens (including phenoxy) is 1. The fraction of sp³-hybridized carbons (Fsp3) is 0.588. The van der Waals surface area contributed by atoms with E-state index >= 15 is 0 Å². The molecule has 1 aromatic carbocycles. The standard InChI is InChI=1S/C17H22F3NO4S/c1-12(2)11-26(23,24)15-7-9-21(10-8-15)16(22)13-3-5-14(6-4-13)25-17(18,19)20/h3-6,12,15H,7-11H2,1-2H3. The Hall–Kier alpha value is -1.77.